The second kappa shape index (κ2) is 5.67. The van der Waals surface area contributed by atoms with E-state index in [-0.39, 0.29) is 12.4 Å². The zero-order chi connectivity index (χ0) is 6.53. The summed E-state index contributed by atoms with van der Waals surface area (Å²) in [4.78, 5) is 0. The summed E-state index contributed by atoms with van der Waals surface area (Å²) in [5.41, 5.74) is 5.37. The highest BCUT2D eigenvalue weighted by atomic mass is 35.5. The van der Waals surface area contributed by atoms with E-state index < -0.39 is 0 Å². The summed E-state index contributed by atoms with van der Waals surface area (Å²) in [6, 6.07) is 10.3. The zero-order valence-electron chi connectivity index (χ0n) is 5.58. The number of hydrogen-bond donors (Lipinski definition) is 1. The highest BCUT2D eigenvalue weighted by Crippen LogP contribution is 2.04. The first-order chi connectivity index (χ1) is 4.43. The molecule has 0 bridgehead atoms. The van der Waals surface area contributed by atoms with Crippen molar-refractivity contribution in [3.8, 4) is 0 Å². The van der Waals surface area contributed by atoms with Crippen LogP contribution in [0.1, 0.15) is 0 Å². The maximum atomic E-state index is 5.37. The van der Waals surface area contributed by atoms with Gasteiger partial charge in [-0.05, 0) is 5.30 Å². The van der Waals surface area contributed by atoms with Gasteiger partial charge in [-0.3, -0.25) is 0 Å². The Kier molecular flexibility index (Phi) is 5.61. The first-order valence-corrected chi connectivity index (χ1v) is 4.13. The molecule has 0 aliphatic carbocycles. The largest absolute Gasteiger partial charge is 0.327 e. The highest BCUT2D eigenvalue weighted by molar-refractivity contribution is 7.47. The molecule has 1 aromatic carbocycles. The van der Waals surface area contributed by atoms with Crippen molar-refractivity contribution in [2.75, 3.05) is 6.29 Å². The Morgan fingerprint density at radius 2 is 1.80 bits per heavy atom. The number of benzene rings is 1. The quantitative estimate of drug-likeness (QED) is 0.675. The van der Waals surface area contributed by atoms with Crippen molar-refractivity contribution in [3.05, 3.63) is 30.3 Å². The van der Waals surface area contributed by atoms with Gasteiger partial charge in [0.25, 0.3) is 0 Å². The van der Waals surface area contributed by atoms with Gasteiger partial charge in [0.1, 0.15) is 0 Å². The van der Waals surface area contributed by atoms with E-state index in [1.807, 2.05) is 18.2 Å². The van der Waals surface area contributed by atoms with Gasteiger partial charge in [-0.25, -0.2) is 0 Å². The van der Waals surface area contributed by atoms with Crippen LogP contribution in [0.4, 0.5) is 0 Å². The summed E-state index contributed by atoms with van der Waals surface area (Å²) in [7, 11) is 0.765. The third-order valence-electron chi connectivity index (χ3n) is 1.08. The molecule has 0 radical (unpaired) electrons. The Morgan fingerprint density at radius 3 is 2.30 bits per heavy atom. The lowest BCUT2D eigenvalue weighted by Gasteiger charge is -1.94. The van der Waals surface area contributed by atoms with Gasteiger partial charge in [-0.2, -0.15) is 0 Å². The molecule has 1 rings (SSSR count). The van der Waals surface area contributed by atoms with E-state index in [0.29, 0.717) is 0 Å². The maximum absolute atomic E-state index is 5.37. The fourth-order valence-corrected chi connectivity index (χ4v) is 1.34. The van der Waals surface area contributed by atoms with Crippen LogP contribution in [0.25, 0.3) is 0 Å². The van der Waals surface area contributed by atoms with Crippen molar-refractivity contribution in [1.82, 2.24) is 0 Å². The first kappa shape index (κ1) is 9.90. The van der Waals surface area contributed by atoms with Crippen LogP contribution in [0.2, 0.25) is 0 Å². The second-order valence-corrected chi connectivity index (χ2v) is 3.09. The van der Waals surface area contributed by atoms with E-state index >= 15 is 0 Å². The van der Waals surface area contributed by atoms with E-state index in [0.717, 1.165) is 14.9 Å². The molecule has 0 heterocycles. The van der Waals surface area contributed by atoms with Gasteiger partial charge in [0.05, 0.1) is 0 Å². The monoisotopic (exact) mass is 175 g/mol. The van der Waals surface area contributed by atoms with Gasteiger partial charge in [0, 0.05) is 6.29 Å². The predicted molar refractivity (Wildman–Crippen MR) is 50.7 cm³/mol. The van der Waals surface area contributed by atoms with Gasteiger partial charge in [0.15, 0.2) is 0 Å². The van der Waals surface area contributed by atoms with E-state index in [9.17, 15) is 0 Å². The molecule has 0 aromatic heterocycles. The van der Waals surface area contributed by atoms with Crippen LogP contribution < -0.4 is 11.0 Å². The Bertz CT molecular complexity index is 167. The van der Waals surface area contributed by atoms with Gasteiger partial charge in [-0.1, -0.05) is 38.9 Å². The summed E-state index contributed by atoms with van der Waals surface area (Å²) in [5, 5.41) is 1.35. The van der Waals surface area contributed by atoms with Gasteiger partial charge in [0.2, 0.25) is 0 Å². The molecule has 1 nitrogen and oxygen atoms in total. The molecule has 0 saturated carbocycles. The number of halogens is 1. The van der Waals surface area contributed by atoms with Gasteiger partial charge in [-0.15, -0.1) is 12.4 Å². The molecule has 0 amide bonds. The first-order valence-electron chi connectivity index (χ1n) is 2.92. The number of rotatable bonds is 2. The zero-order valence-corrected chi connectivity index (χ0v) is 7.40. The van der Waals surface area contributed by atoms with Crippen molar-refractivity contribution in [1.29, 1.82) is 0 Å². The molecule has 56 valence electrons. The Hall–Kier alpha value is -0.100. The molecule has 0 fully saturated rings. The average molecular weight is 176 g/mol. The Balaban J connectivity index is 0.000000810. The summed E-state index contributed by atoms with van der Waals surface area (Å²) < 4.78 is 0. The van der Waals surface area contributed by atoms with Gasteiger partial charge < -0.3 is 5.73 Å². The van der Waals surface area contributed by atoms with Gasteiger partial charge >= 0.3 is 0 Å². The van der Waals surface area contributed by atoms with Crippen LogP contribution in [-0.4, -0.2) is 6.29 Å². The van der Waals surface area contributed by atoms with Crippen molar-refractivity contribution in [2.45, 2.75) is 0 Å². The van der Waals surface area contributed by atoms with Crippen molar-refractivity contribution >= 4 is 26.3 Å². The normalized spacial score (nSPS) is 9.70. The molecule has 1 unspecified atom stereocenters. The minimum Gasteiger partial charge on any atom is -0.327 e. The summed E-state index contributed by atoms with van der Waals surface area (Å²) >= 11 is 0. The molecular formula is C7H11ClNP. The second-order valence-electron chi connectivity index (χ2n) is 1.75. The molecule has 0 aliphatic heterocycles. The van der Waals surface area contributed by atoms with E-state index in [4.69, 9.17) is 5.73 Å². The molecule has 0 saturated heterocycles. The fraction of sp³-hybridized carbons (Fsp3) is 0.143. The lowest BCUT2D eigenvalue weighted by Crippen LogP contribution is -1.99. The topological polar surface area (TPSA) is 26.0 Å². The lowest BCUT2D eigenvalue weighted by molar-refractivity contribution is 1.40. The van der Waals surface area contributed by atoms with E-state index in [1.165, 1.54) is 5.30 Å². The molecule has 1 atom stereocenters. The highest BCUT2D eigenvalue weighted by Gasteiger charge is 1.84. The van der Waals surface area contributed by atoms with Crippen LogP contribution in [0.15, 0.2) is 30.3 Å². The average Bonchev–Trinajstić information content (AvgIpc) is 1.91. The number of nitrogens with two attached hydrogens (primary N) is 1. The minimum atomic E-state index is 0. The van der Waals surface area contributed by atoms with Crippen LogP contribution >= 0.6 is 21.0 Å². The molecule has 1 aromatic rings. The molecule has 0 spiro atoms. The van der Waals surface area contributed by atoms with Crippen molar-refractivity contribution in [3.63, 3.8) is 0 Å². The maximum Gasteiger partial charge on any atom is 0.0141 e. The smallest absolute Gasteiger partial charge is 0.0141 e. The van der Waals surface area contributed by atoms with E-state index in [2.05, 4.69) is 12.1 Å². The predicted octanol–water partition coefficient (Wildman–Crippen LogP) is 1.33. The molecule has 3 heteroatoms. The third-order valence-corrected chi connectivity index (χ3v) is 2.03. The summed E-state index contributed by atoms with van der Waals surface area (Å²) in [6.45, 7) is 0. The van der Waals surface area contributed by atoms with Crippen LogP contribution in [-0.2, 0) is 0 Å². The Morgan fingerprint density at radius 1 is 1.20 bits per heavy atom. The SMILES string of the molecule is Cl.NCPc1ccccc1. The molecule has 2 N–H and O–H groups in total. The standard InChI is InChI=1S/C7H10NP.ClH/c8-6-9-7-4-2-1-3-5-7;/h1-5,9H,6,8H2;1H. The summed E-state index contributed by atoms with van der Waals surface area (Å²) in [5.74, 6) is 0. The minimum absolute atomic E-state index is 0. The molecule has 10 heavy (non-hydrogen) atoms. The van der Waals surface area contributed by atoms with Crippen LogP contribution in [0.3, 0.4) is 0 Å². The molecule has 0 aliphatic rings. The fourth-order valence-electron chi connectivity index (χ4n) is 0.674. The summed E-state index contributed by atoms with van der Waals surface area (Å²) in [6.07, 6.45) is 0.768. The van der Waals surface area contributed by atoms with Crippen LogP contribution in [0.5, 0.6) is 0 Å². The number of hydrogen-bond acceptors (Lipinski definition) is 1. The lowest BCUT2D eigenvalue weighted by atomic mass is 10.4. The van der Waals surface area contributed by atoms with E-state index in [1.54, 1.807) is 0 Å². The third kappa shape index (κ3) is 3.17. The Labute approximate surface area is 69.2 Å². The van der Waals surface area contributed by atoms with Crippen molar-refractivity contribution in [2.24, 2.45) is 5.73 Å². The molecular weight excluding hydrogens is 165 g/mol. The van der Waals surface area contributed by atoms with Crippen LogP contribution in [0, 0.1) is 0 Å². The van der Waals surface area contributed by atoms with Crippen molar-refractivity contribution < 1.29 is 0 Å².